The summed E-state index contributed by atoms with van der Waals surface area (Å²) in [5, 5.41) is 8.67. The van der Waals surface area contributed by atoms with Crippen LogP contribution in [0.3, 0.4) is 0 Å². The molecule has 0 fully saturated rings. The third-order valence-corrected chi connectivity index (χ3v) is 2.69. The van der Waals surface area contributed by atoms with Crippen molar-refractivity contribution in [2.24, 2.45) is 5.92 Å². The normalized spacial score (nSPS) is 11.3. The molecule has 0 bridgehead atoms. The molecule has 0 aromatic carbocycles. The van der Waals surface area contributed by atoms with E-state index in [0.717, 1.165) is 18.8 Å². The van der Waals surface area contributed by atoms with Gasteiger partial charge in [-0.15, -0.1) is 0 Å². The van der Waals surface area contributed by atoms with Gasteiger partial charge in [0.2, 0.25) is 0 Å². The van der Waals surface area contributed by atoms with Gasteiger partial charge in [-0.2, -0.15) is 0 Å². The van der Waals surface area contributed by atoms with Crippen molar-refractivity contribution in [3.05, 3.63) is 0 Å². The number of ether oxygens (including phenoxy) is 1. The van der Waals surface area contributed by atoms with Gasteiger partial charge in [0.25, 0.3) is 0 Å². The maximum absolute atomic E-state index is 10.2. The lowest BCUT2D eigenvalue weighted by atomic mass is 10.2. The number of aliphatic hydroxyl groups excluding tert-OH is 1. The van der Waals surface area contributed by atoms with Crippen LogP contribution >= 0.6 is 0 Å². The quantitative estimate of drug-likeness (QED) is 0.819. The van der Waals surface area contributed by atoms with E-state index in [2.05, 4.69) is 25.5 Å². The van der Waals surface area contributed by atoms with Crippen LogP contribution in [0.2, 0.25) is 0 Å². The molecule has 0 saturated heterocycles. The smallest absolute Gasteiger partial charge is 0.158 e. The summed E-state index contributed by atoms with van der Waals surface area (Å²) in [6.45, 7) is 13.8. The van der Waals surface area contributed by atoms with Gasteiger partial charge in [0.15, 0.2) is 5.78 Å². The van der Waals surface area contributed by atoms with E-state index < -0.39 is 0 Å². The van der Waals surface area contributed by atoms with E-state index in [1.54, 1.807) is 6.92 Å². The topological polar surface area (TPSA) is 46.5 Å². The van der Waals surface area contributed by atoms with Crippen LogP contribution in [0.5, 0.6) is 0 Å². The standard InChI is InChI=1S/C5H10O2.C5H12O.C5H12/c1-4(6)5(2)7-3;1-3-5(6)4-2;1-4-5(2)3/h5H,1-3H3;5-6H,3-4H2,1-2H3;5H,4H2,1-3H3. The first-order chi connectivity index (χ1) is 8.26. The van der Waals surface area contributed by atoms with E-state index in [9.17, 15) is 4.79 Å². The van der Waals surface area contributed by atoms with Crippen molar-refractivity contribution in [2.45, 2.75) is 79.9 Å². The average Bonchev–Trinajstić information content (AvgIpc) is 2.37. The number of hydrogen-bond acceptors (Lipinski definition) is 3. The van der Waals surface area contributed by atoms with Crippen molar-refractivity contribution in [3.63, 3.8) is 0 Å². The highest BCUT2D eigenvalue weighted by atomic mass is 16.5. The van der Waals surface area contributed by atoms with Crippen LogP contribution in [0, 0.1) is 5.92 Å². The van der Waals surface area contributed by atoms with E-state index >= 15 is 0 Å². The van der Waals surface area contributed by atoms with Gasteiger partial charge in [0.1, 0.15) is 6.10 Å². The average molecular weight is 262 g/mol. The highest BCUT2D eigenvalue weighted by molar-refractivity contribution is 5.79. The van der Waals surface area contributed by atoms with Gasteiger partial charge >= 0.3 is 0 Å². The minimum absolute atomic E-state index is 0.0648. The molecule has 0 aromatic rings. The van der Waals surface area contributed by atoms with Crippen molar-refractivity contribution in [1.82, 2.24) is 0 Å². The summed E-state index contributed by atoms with van der Waals surface area (Å²) in [6.07, 6.45) is 2.78. The SMILES string of the molecule is CCC(C)C.CCC(O)CC.COC(C)C(C)=O. The van der Waals surface area contributed by atoms with Gasteiger partial charge in [-0.1, -0.05) is 41.0 Å². The fraction of sp³-hybridized carbons (Fsp3) is 0.933. The van der Waals surface area contributed by atoms with E-state index in [-0.39, 0.29) is 18.0 Å². The molecule has 3 heteroatoms. The molecule has 0 aliphatic heterocycles. The largest absolute Gasteiger partial charge is 0.393 e. The molecular weight excluding hydrogens is 228 g/mol. The zero-order valence-electron chi connectivity index (χ0n) is 13.6. The monoisotopic (exact) mass is 262 g/mol. The van der Waals surface area contributed by atoms with Gasteiger partial charge < -0.3 is 9.84 Å². The second-order valence-electron chi connectivity index (χ2n) is 4.76. The first-order valence-electron chi connectivity index (χ1n) is 6.97. The predicted octanol–water partition coefficient (Wildman–Crippen LogP) is 3.83. The fourth-order valence-electron chi connectivity index (χ4n) is 0.455. The lowest BCUT2D eigenvalue weighted by Crippen LogP contribution is -2.14. The fourth-order valence-corrected chi connectivity index (χ4v) is 0.455. The summed E-state index contributed by atoms with van der Waals surface area (Å²) in [7, 11) is 1.52. The Morgan fingerprint density at radius 2 is 1.39 bits per heavy atom. The second-order valence-corrected chi connectivity index (χ2v) is 4.76. The van der Waals surface area contributed by atoms with Crippen LogP contribution in [0.25, 0.3) is 0 Å². The third kappa shape index (κ3) is 24.7. The van der Waals surface area contributed by atoms with Crippen LogP contribution < -0.4 is 0 Å². The molecule has 1 N–H and O–H groups in total. The van der Waals surface area contributed by atoms with Gasteiger partial charge in [-0.05, 0) is 32.6 Å². The summed E-state index contributed by atoms with van der Waals surface area (Å²) in [5.41, 5.74) is 0. The molecule has 0 spiro atoms. The molecule has 112 valence electrons. The number of ketones is 1. The first kappa shape index (κ1) is 22.7. The Labute approximate surface area is 114 Å². The Balaban J connectivity index is -0.000000190. The summed E-state index contributed by atoms with van der Waals surface area (Å²) >= 11 is 0. The number of aliphatic hydroxyl groups is 1. The van der Waals surface area contributed by atoms with Gasteiger partial charge in [-0.25, -0.2) is 0 Å². The zero-order valence-corrected chi connectivity index (χ0v) is 13.6. The molecular formula is C15H34O3. The summed E-state index contributed by atoms with van der Waals surface area (Å²) in [5.74, 6) is 0.956. The molecule has 0 rings (SSSR count). The Morgan fingerprint density at radius 3 is 1.39 bits per heavy atom. The molecule has 0 radical (unpaired) electrons. The maximum atomic E-state index is 10.2. The summed E-state index contributed by atoms with van der Waals surface area (Å²) < 4.78 is 4.66. The molecule has 0 amide bonds. The number of carbonyl (C=O) groups is 1. The van der Waals surface area contributed by atoms with E-state index in [1.807, 2.05) is 13.8 Å². The summed E-state index contributed by atoms with van der Waals surface area (Å²) in [4.78, 5) is 10.2. The number of rotatable bonds is 5. The number of Topliss-reactive ketones (excluding diaryl/α,β-unsaturated/α-hetero) is 1. The molecule has 1 atom stereocenters. The van der Waals surface area contributed by atoms with Gasteiger partial charge in [0.05, 0.1) is 6.10 Å². The lowest BCUT2D eigenvalue weighted by molar-refractivity contribution is -0.125. The minimum Gasteiger partial charge on any atom is -0.393 e. The Bertz CT molecular complexity index is 163. The van der Waals surface area contributed by atoms with Crippen molar-refractivity contribution in [3.8, 4) is 0 Å². The lowest BCUT2D eigenvalue weighted by Gasteiger charge is -2.00. The van der Waals surface area contributed by atoms with Crippen LogP contribution in [-0.4, -0.2) is 30.2 Å². The van der Waals surface area contributed by atoms with Crippen LogP contribution in [0.1, 0.15) is 67.7 Å². The summed E-state index contributed by atoms with van der Waals surface area (Å²) in [6, 6.07) is 0. The predicted molar refractivity (Wildman–Crippen MR) is 78.9 cm³/mol. The van der Waals surface area contributed by atoms with Crippen molar-refractivity contribution < 1.29 is 14.6 Å². The number of hydrogen-bond donors (Lipinski definition) is 1. The Kier molecular flexibility index (Phi) is 21.0. The molecule has 3 nitrogen and oxygen atoms in total. The molecule has 0 saturated carbocycles. The van der Waals surface area contributed by atoms with Gasteiger partial charge in [-0.3, -0.25) is 4.79 Å². The van der Waals surface area contributed by atoms with Crippen molar-refractivity contribution >= 4 is 5.78 Å². The number of methoxy groups -OCH3 is 1. The van der Waals surface area contributed by atoms with E-state index in [0.29, 0.717) is 0 Å². The van der Waals surface area contributed by atoms with Crippen molar-refractivity contribution in [1.29, 1.82) is 0 Å². The number of carbonyl (C=O) groups excluding carboxylic acids is 1. The van der Waals surface area contributed by atoms with E-state index in [1.165, 1.54) is 20.5 Å². The van der Waals surface area contributed by atoms with Gasteiger partial charge in [0, 0.05) is 7.11 Å². The van der Waals surface area contributed by atoms with Crippen LogP contribution in [-0.2, 0) is 9.53 Å². The molecule has 0 aliphatic carbocycles. The molecule has 1 unspecified atom stereocenters. The highest BCUT2D eigenvalue weighted by Crippen LogP contribution is 1.94. The van der Waals surface area contributed by atoms with Crippen molar-refractivity contribution in [2.75, 3.05) is 7.11 Å². The second kappa shape index (κ2) is 16.6. The molecule has 0 aliphatic rings. The first-order valence-corrected chi connectivity index (χ1v) is 6.97. The Morgan fingerprint density at radius 1 is 1.06 bits per heavy atom. The molecule has 0 aromatic heterocycles. The van der Waals surface area contributed by atoms with E-state index in [4.69, 9.17) is 5.11 Å². The zero-order chi connectivity index (χ0) is 15.1. The molecule has 0 heterocycles. The third-order valence-electron chi connectivity index (χ3n) is 2.69. The maximum Gasteiger partial charge on any atom is 0.158 e. The van der Waals surface area contributed by atoms with Crippen LogP contribution in [0.4, 0.5) is 0 Å². The minimum atomic E-state index is -0.236. The highest BCUT2D eigenvalue weighted by Gasteiger charge is 2.01. The molecule has 18 heavy (non-hydrogen) atoms. The Hall–Kier alpha value is -0.410. The van der Waals surface area contributed by atoms with Crippen LogP contribution in [0.15, 0.2) is 0 Å².